The van der Waals surface area contributed by atoms with Crippen LogP contribution in [0.15, 0.2) is 22.7 Å². The molecule has 1 aliphatic heterocycles. The van der Waals surface area contributed by atoms with E-state index in [0.717, 1.165) is 15.9 Å². The van der Waals surface area contributed by atoms with E-state index in [1.54, 1.807) is 12.0 Å². The van der Waals surface area contributed by atoms with Gasteiger partial charge < -0.3 is 14.7 Å². The molecule has 17 heavy (non-hydrogen) atoms. The number of rotatable bonds is 3. The Labute approximate surface area is 108 Å². The van der Waals surface area contributed by atoms with Crippen LogP contribution in [-0.4, -0.2) is 31.3 Å². The van der Waals surface area contributed by atoms with Crippen molar-refractivity contribution in [3.05, 3.63) is 22.7 Å². The number of aliphatic hydroxyl groups excluding tert-OH is 1. The fourth-order valence-electron chi connectivity index (χ4n) is 1.97. The highest BCUT2D eigenvalue weighted by atomic mass is 79.9. The molecule has 1 unspecified atom stereocenters. The molecule has 1 aromatic rings. The van der Waals surface area contributed by atoms with Gasteiger partial charge in [0.2, 0.25) is 5.91 Å². The normalized spacial score (nSPS) is 19.8. The first-order chi connectivity index (χ1) is 8.15. The molecule has 2 rings (SSSR count). The van der Waals surface area contributed by atoms with Crippen LogP contribution in [0, 0.1) is 5.92 Å². The van der Waals surface area contributed by atoms with E-state index in [1.807, 2.05) is 18.2 Å². The van der Waals surface area contributed by atoms with Crippen molar-refractivity contribution >= 4 is 27.5 Å². The first-order valence-electron chi connectivity index (χ1n) is 5.40. The van der Waals surface area contributed by atoms with Crippen molar-refractivity contribution in [2.75, 3.05) is 25.2 Å². The molecule has 1 N–H and O–H groups in total. The van der Waals surface area contributed by atoms with Crippen LogP contribution in [0.2, 0.25) is 0 Å². The molecule has 5 heteroatoms. The Morgan fingerprint density at radius 2 is 2.35 bits per heavy atom. The van der Waals surface area contributed by atoms with Gasteiger partial charge in [0.25, 0.3) is 0 Å². The number of methoxy groups -OCH3 is 1. The van der Waals surface area contributed by atoms with Crippen LogP contribution in [-0.2, 0) is 4.79 Å². The average molecular weight is 300 g/mol. The second-order valence-corrected chi connectivity index (χ2v) is 4.93. The molecule has 1 saturated heterocycles. The monoisotopic (exact) mass is 299 g/mol. The largest absolute Gasteiger partial charge is 0.497 e. The molecular weight excluding hydrogens is 286 g/mol. The Morgan fingerprint density at radius 1 is 1.59 bits per heavy atom. The summed E-state index contributed by atoms with van der Waals surface area (Å²) in [5.74, 6) is 0.831. The second kappa shape index (κ2) is 5.06. The van der Waals surface area contributed by atoms with E-state index in [-0.39, 0.29) is 18.4 Å². The lowest BCUT2D eigenvalue weighted by molar-refractivity contribution is -0.117. The first-order valence-corrected chi connectivity index (χ1v) is 6.19. The summed E-state index contributed by atoms with van der Waals surface area (Å²) in [6, 6.07) is 5.50. The summed E-state index contributed by atoms with van der Waals surface area (Å²) in [7, 11) is 1.60. The van der Waals surface area contributed by atoms with Crippen molar-refractivity contribution in [2.24, 2.45) is 5.92 Å². The van der Waals surface area contributed by atoms with Crippen LogP contribution in [0.5, 0.6) is 5.75 Å². The summed E-state index contributed by atoms with van der Waals surface area (Å²) in [5.41, 5.74) is 0.826. The molecule has 4 nitrogen and oxygen atoms in total. The van der Waals surface area contributed by atoms with Crippen molar-refractivity contribution in [2.45, 2.75) is 6.42 Å². The van der Waals surface area contributed by atoms with Crippen molar-refractivity contribution < 1.29 is 14.6 Å². The molecule has 1 amide bonds. The molecule has 1 aliphatic rings. The summed E-state index contributed by atoms with van der Waals surface area (Å²) >= 11 is 3.43. The highest BCUT2D eigenvalue weighted by Gasteiger charge is 2.31. The summed E-state index contributed by atoms with van der Waals surface area (Å²) < 4.78 is 5.93. The number of anilines is 1. The SMILES string of the molecule is COc1ccc(N2CC(CO)CC2=O)c(Br)c1. The molecule has 1 atom stereocenters. The quantitative estimate of drug-likeness (QED) is 0.926. The zero-order valence-electron chi connectivity index (χ0n) is 9.52. The lowest BCUT2D eigenvalue weighted by atomic mass is 10.1. The minimum absolute atomic E-state index is 0.0384. The third-order valence-electron chi connectivity index (χ3n) is 2.91. The van der Waals surface area contributed by atoms with E-state index >= 15 is 0 Å². The molecule has 1 heterocycles. The van der Waals surface area contributed by atoms with Gasteiger partial charge in [-0.05, 0) is 34.1 Å². The van der Waals surface area contributed by atoms with Gasteiger partial charge in [-0.1, -0.05) is 0 Å². The van der Waals surface area contributed by atoms with E-state index in [1.165, 1.54) is 0 Å². The van der Waals surface area contributed by atoms with E-state index < -0.39 is 0 Å². The van der Waals surface area contributed by atoms with Gasteiger partial charge >= 0.3 is 0 Å². The Morgan fingerprint density at radius 3 is 2.88 bits per heavy atom. The highest BCUT2D eigenvalue weighted by molar-refractivity contribution is 9.10. The number of carbonyl (C=O) groups excluding carboxylic acids is 1. The van der Waals surface area contributed by atoms with Gasteiger partial charge in [-0.15, -0.1) is 0 Å². The fraction of sp³-hybridized carbons (Fsp3) is 0.417. The van der Waals surface area contributed by atoms with Gasteiger partial charge in [-0.25, -0.2) is 0 Å². The van der Waals surface area contributed by atoms with Crippen LogP contribution >= 0.6 is 15.9 Å². The van der Waals surface area contributed by atoms with Gasteiger partial charge in [0.05, 0.1) is 12.8 Å². The fourth-order valence-corrected chi connectivity index (χ4v) is 2.54. The number of hydrogen-bond donors (Lipinski definition) is 1. The summed E-state index contributed by atoms with van der Waals surface area (Å²) in [4.78, 5) is 13.5. The Balaban J connectivity index is 2.26. The van der Waals surface area contributed by atoms with Gasteiger partial charge in [-0.2, -0.15) is 0 Å². The highest BCUT2D eigenvalue weighted by Crippen LogP contribution is 2.33. The smallest absolute Gasteiger partial charge is 0.227 e. The molecule has 0 bridgehead atoms. The molecule has 0 radical (unpaired) electrons. The number of nitrogens with zero attached hydrogens (tertiary/aromatic N) is 1. The molecule has 0 aromatic heterocycles. The van der Waals surface area contributed by atoms with E-state index in [9.17, 15) is 4.79 Å². The summed E-state index contributed by atoms with van der Waals surface area (Å²) in [6.07, 6.45) is 0.412. The van der Waals surface area contributed by atoms with Crippen LogP contribution in [0.1, 0.15) is 6.42 Å². The third-order valence-corrected chi connectivity index (χ3v) is 3.54. The lowest BCUT2D eigenvalue weighted by Gasteiger charge is -2.18. The van der Waals surface area contributed by atoms with Gasteiger partial charge in [0, 0.05) is 30.0 Å². The predicted molar refractivity (Wildman–Crippen MR) is 68.2 cm³/mol. The maximum absolute atomic E-state index is 11.8. The maximum atomic E-state index is 11.8. The number of hydrogen-bond acceptors (Lipinski definition) is 3. The number of amides is 1. The maximum Gasteiger partial charge on any atom is 0.227 e. The summed E-state index contributed by atoms with van der Waals surface area (Å²) in [6.45, 7) is 0.621. The van der Waals surface area contributed by atoms with Gasteiger partial charge in [0.1, 0.15) is 5.75 Å². The van der Waals surface area contributed by atoms with Crippen LogP contribution in [0.3, 0.4) is 0 Å². The van der Waals surface area contributed by atoms with Crippen LogP contribution in [0.4, 0.5) is 5.69 Å². The van der Waals surface area contributed by atoms with Crippen molar-refractivity contribution in [3.8, 4) is 5.75 Å². The minimum atomic E-state index is 0.0384. The molecule has 1 fully saturated rings. The lowest BCUT2D eigenvalue weighted by Crippen LogP contribution is -2.25. The Hall–Kier alpha value is -1.07. The second-order valence-electron chi connectivity index (χ2n) is 4.07. The van der Waals surface area contributed by atoms with Crippen molar-refractivity contribution in [1.29, 1.82) is 0 Å². The molecule has 92 valence electrons. The third kappa shape index (κ3) is 2.45. The molecule has 0 saturated carbocycles. The van der Waals surface area contributed by atoms with Crippen molar-refractivity contribution in [3.63, 3.8) is 0 Å². The van der Waals surface area contributed by atoms with Gasteiger partial charge in [-0.3, -0.25) is 4.79 Å². The van der Waals surface area contributed by atoms with Crippen LogP contribution in [0.25, 0.3) is 0 Å². The molecule has 0 spiro atoms. The number of halogens is 1. The van der Waals surface area contributed by atoms with Gasteiger partial charge in [0.15, 0.2) is 0 Å². The number of ether oxygens (including phenoxy) is 1. The van der Waals surface area contributed by atoms with Crippen LogP contribution < -0.4 is 9.64 Å². The zero-order chi connectivity index (χ0) is 12.4. The summed E-state index contributed by atoms with van der Waals surface area (Å²) in [5, 5.41) is 9.09. The number of carbonyl (C=O) groups is 1. The molecule has 0 aliphatic carbocycles. The van der Waals surface area contributed by atoms with E-state index in [0.29, 0.717) is 13.0 Å². The molecular formula is C12H14BrNO3. The minimum Gasteiger partial charge on any atom is -0.497 e. The Bertz CT molecular complexity index is 436. The van der Waals surface area contributed by atoms with E-state index in [4.69, 9.17) is 9.84 Å². The average Bonchev–Trinajstić information content (AvgIpc) is 2.70. The Kier molecular flexibility index (Phi) is 3.69. The van der Waals surface area contributed by atoms with Crippen molar-refractivity contribution in [1.82, 2.24) is 0 Å². The zero-order valence-corrected chi connectivity index (χ0v) is 11.1. The topological polar surface area (TPSA) is 49.8 Å². The van der Waals surface area contributed by atoms with E-state index in [2.05, 4.69) is 15.9 Å². The number of aliphatic hydroxyl groups is 1. The standard InChI is InChI=1S/C12H14BrNO3/c1-17-9-2-3-11(10(13)5-9)14-6-8(7-15)4-12(14)16/h2-3,5,8,15H,4,6-7H2,1H3. The number of benzene rings is 1. The predicted octanol–water partition coefficient (Wildman–Crippen LogP) is 1.80. The first kappa shape index (κ1) is 12.4. The molecule has 1 aromatic carbocycles.